The molecule has 0 unspecified atom stereocenters. The predicted molar refractivity (Wildman–Crippen MR) is 111 cm³/mol. The number of hydrogen-bond donors (Lipinski definition) is 2. The van der Waals surface area contributed by atoms with Gasteiger partial charge in [0.05, 0.1) is 16.8 Å². The number of carbonyl (C=O) groups is 1. The van der Waals surface area contributed by atoms with Crippen molar-refractivity contribution in [1.82, 2.24) is 9.97 Å². The van der Waals surface area contributed by atoms with E-state index < -0.39 is 29.4 Å². The predicted octanol–water partition coefficient (Wildman–Crippen LogP) is 6.10. The summed E-state index contributed by atoms with van der Waals surface area (Å²) in [5, 5.41) is 9.11. The second kappa shape index (κ2) is 10.3. The molecule has 0 saturated carbocycles. The normalized spacial score (nSPS) is 11.5. The van der Waals surface area contributed by atoms with Crippen molar-refractivity contribution in [3.05, 3.63) is 81.2 Å². The van der Waals surface area contributed by atoms with E-state index in [4.69, 9.17) is 10.8 Å². The molecule has 0 atom stereocenters. The van der Waals surface area contributed by atoms with E-state index in [9.17, 15) is 31.1 Å². The van der Waals surface area contributed by atoms with Crippen LogP contribution in [0.3, 0.4) is 0 Å². The molecule has 0 aliphatic heterocycles. The first-order valence-electron chi connectivity index (χ1n) is 9.04. The Morgan fingerprint density at radius 3 is 2.03 bits per heavy atom. The Kier molecular flexibility index (Phi) is 8.20. The van der Waals surface area contributed by atoms with Crippen molar-refractivity contribution in [3.63, 3.8) is 0 Å². The molecule has 5 nitrogen and oxygen atoms in total. The Labute approximate surface area is 192 Å². The smallest absolute Gasteiger partial charge is 0.416 e. The summed E-state index contributed by atoms with van der Waals surface area (Å²) < 4.78 is 74.4. The van der Waals surface area contributed by atoms with Crippen LogP contribution in [0.5, 0.6) is 0 Å². The fourth-order valence-electron chi connectivity index (χ4n) is 2.62. The molecular weight excluding hydrogens is 520 g/mol. The van der Waals surface area contributed by atoms with Crippen LogP contribution >= 0.6 is 15.9 Å². The van der Waals surface area contributed by atoms with Crippen molar-refractivity contribution in [2.45, 2.75) is 25.8 Å². The molecular formula is C21H16BrF6N3O2. The molecule has 0 saturated heterocycles. The summed E-state index contributed by atoms with van der Waals surface area (Å²) in [6.45, 7) is 1.35. The van der Waals surface area contributed by atoms with Gasteiger partial charge in [-0.1, -0.05) is 34.1 Å². The lowest BCUT2D eigenvalue weighted by Gasteiger charge is -2.13. The van der Waals surface area contributed by atoms with Crippen LogP contribution in [0.25, 0.3) is 11.3 Å². The van der Waals surface area contributed by atoms with Crippen LogP contribution in [0.1, 0.15) is 32.9 Å². The Morgan fingerprint density at radius 2 is 1.58 bits per heavy atom. The van der Waals surface area contributed by atoms with Crippen LogP contribution in [-0.4, -0.2) is 21.0 Å². The number of halogens is 7. The highest BCUT2D eigenvalue weighted by Gasteiger charge is 2.36. The molecule has 0 bridgehead atoms. The zero-order chi connectivity index (χ0) is 25.0. The number of aromatic nitrogens is 2. The quantitative estimate of drug-likeness (QED) is 0.396. The Balaban J connectivity index is 0.000000234. The van der Waals surface area contributed by atoms with E-state index in [1.54, 1.807) is 6.92 Å². The third kappa shape index (κ3) is 6.99. The van der Waals surface area contributed by atoms with Crippen molar-refractivity contribution in [2.75, 3.05) is 0 Å². The molecule has 1 aromatic heterocycles. The van der Waals surface area contributed by atoms with E-state index in [1.165, 1.54) is 6.20 Å². The van der Waals surface area contributed by atoms with Crippen molar-refractivity contribution in [2.24, 2.45) is 5.73 Å². The van der Waals surface area contributed by atoms with Gasteiger partial charge >= 0.3 is 18.3 Å². The molecule has 12 heteroatoms. The summed E-state index contributed by atoms with van der Waals surface area (Å²) in [6, 6.07) is 8.64. The maximum absolute atomic E-state index is 12.3. The van der Waals surface area contributed by atoms with E-state index in [0.29, 0.717) is 23.7 Å². The van der Waals surface area contributed by atoms with Crippen LogP contribution in [0, 0.1) is 6.92 Å². The summed E-state index contributed by atoms with van der Waals surface area (Å²) >= 11 is 3.39. The van der Waals surface area contributed by atoms with Crippen molar-refractivity contribution in [1.29, 1.82) is 0 Å². The second-order valence-corrected chi connectivity index (χ2v) is 7.44. The molecule has 0 amide bonds. The number of hydrogen-bond acceptors (Lipinski definition) is 4. The fourth-order valence-corrected chi connectivity index (χ4v) is 3.09. The molecule has 0 radical (unpaired) electrons. The number of rotatable bonds is 3. The van der Waals surface area contributed by atoms with Gasteiger partial charge in [-0.25, -0.2) is 14.8 Å². The summed E-state index contributed by atoms with van der Waals surface area (Å²) in [7, 11) is 0. The molecule has 0 aliphatic rings. The Hall–Kier alpha value is -2.99. The summed E-state index contributed by atoms with van der Waals surface area (Å²) in [5.74, 6) is -0.489. The number of nitrogens with two attached hydrogens (primary N) is 1. The summed E-state index contributed by atoms with van der Waals surface area (Å²) in [4.78, 5) is 19.2. The van der Waals surface area contributed by atoms with Crippen LogP contribution < -0.4 is 5.73 Å². The van der Waals surface area contributed by atoms with Crippen molar-refractivity contribution in [3.8, 4) is 11.3 Å². The molecule has 1 heterocycles. The van der Waals surface area contributed by atoms with Gasteiger partial charge in [0.15, 0.2) is 0 Å². The number of benzene rings is 2. The zero-order valence-corrected chi connectivity index (χ0v) is 18.4. The maximum atomic E-state index is 12.3. The molecule has 3 rings (SSSR count). The number of nitrogens with zero attached hydrogens (tertiary/aromatic N) is 2. The van der Waals surface area contributed by atoms with Gasteiger partial charge in [-0.3, -0.25) is 0 Å². The van der Waals surface area contributed by atoms with Gasteiger partial charge in [0.1, 0.15) is 11.4 Å². The highest BCUT2D eigenvalue weighted by atomic mass is 79.9. The second-order valence-electron chi connectivity index (χ2n) is 6.58. The molecule has 3 N–H and O–H groups in total. The van der Waals surface area contributed by atoms with Gasteiger partial charge in [0.25, 0.3) is 0 Å². The Bertz CT molecular complexity index is 1120. The summed E-state index contributed by atoms with van der Waals surface area (Å²) in [5.41, 5.74) is 3.42. The van der Waals surface area contributed by atoms with E-state index in [0.717, 1.165) is 10.0 Å². The topological polar surface area (TPSA) is 89.1 Å². The van der Waals surface area contributed by atoms with Gasteiger partial charge in [0.2, 0.25) is 0 Å². The van der Waals surface area contributed by atoms with Crippen LogP contribution in [0.4, 0.5) is 26.3 Å². The molecule has 176 valence electrons. The summed E-state index contributed by atoms with van der Waals surface area (Å²) in [6.07, 6.45) is -8.30. The number of aryl methyl sites for hydroxylation is 1. The molecule has 3 aromatic rings. The molecule has 2 aromatic carbocycles. The first-order valence-corrected chi connectivity index (χ1v) is 9.83. The lowest BCUT2D eigenvalue weighted by atomic mass is 10.0. The maximum Gasteiger partial charge on any atom is 0.416 e. The Morgan fingerprint density at radius 1 is 1.03 bits per heavy atom. The van der Waals surface area contributed by atoms with Crippen molar-refractivity contribution >= 4 is 21.9 Å². The molecule has 33 heavy (non-hydrogen) atoms. The minimum absolute atomic E-state index is 0.0686. The van der Waals surface area contributed by atoms with E-state index in [2.05, 4.69) is 25.9 Å². The lowest BCUT2D eigenvalue weighted by molar-refractivity contribution is -0.143. The largest absolute Gasteiger partial charge is 0.478 e. The van der Waals surface area contributed by atoms with E-state index >= 15 is 0 Å². The van der Waals surface area contributed by atoms with Gasteiger partial charge in [-0.2, -0.15) is 26.3 Å². The first kappa shape index (κ1) is 26.3. The van der Waals surface area contributed by atoms with E-state index in [-0.39, 0.29) is 23.7 Å². The van der Waals surface area contributed by atoms with E-state index in [1.807, 2.05) is 24.3 Å². The molecule has 0 aliphatic carbocycles. The van der Waals surface area contributed by atoms with Gasteiger partial charge in [0, 0.05) is 22.8 Å². The minimum atomic E-state index is -4.81. The standard InChI is InChI=1S/C12H9BrN2O2.C9H7F6N/c1-7-14-6-9(12(16)17)11(15-7)8-4-2-3-5-10(8)13;10-8(11,12)6-1-5(4-16)2-7(3-6)9(13,14)15/h2-6H,1H3,(H,16,17);1-3H,4,16H2. The number of carboxylic acids is 1. The highest BCUT2D eigenvalue weighted by molar-refractivity contribution is 9.10. The number of alkyl halides is 6. The van der Waals surface area contributed by atoms with Crippen LogP contribution in [0.2, 0.25) is 0 Å². The highest BCUT2D eigenvalue weighted by Crippen LogP contribution is 2.36. The first-order chi connectivity index (χ1) is 15.2. The number of aromatic carboxylic acids is 1. The van der Waals surface area contributed by atoms with Gasteiger partial charge < -0.3 is 10.8 Å². The molecule has 0 spiro atoms. The average Bonchev–Trinajstić information content (AvgIpc) is 2.72. The van der Waals surface area contributed by atoms with Crippen molar-refractivity contribution < 1.29 is 36.2 Å². The minimum Gasteiger partial charge on any atom is -0.478 e. The third-order valence-electron chi connectivity index (χ3n) is 4.15. The molecule has 0 fully saturated rings. The van der Waals surface area contributed by atoms with Gasteiger partial charge in [-0.15, -0.1) is 0 Å². The third-order valence-corrected chi connectivity index (χ3v) is 4.84. The monoisotopic (exact) mass is 535 g/mol. The number of carboxylic acid groups (broad SMARTS) is 1. The van der Waals surface area contributed by atoms with Crippen LogP contribution in [0.15, 0.2) is 53.1 Å². The van der Waals surface area contributed by atoms with Crippen LogP contribution in [-0.2, 0) is 18.9 Å². The zero-order valence-electron chi connectivity index (χ0n) is 16.8. The van der Waals surface area contributed by atoms with Gasteiger partial charge in [-0.05, 0) is 36.8 Å². The average molecular weight is 536 g/mol. The lowest BCUT2D eigenvalue weighted by Crippen LogP contribution is -2.12. The SMILES string of the molecule is Cc1ncc(C(=O)O)c(-c2ccccc2Br)n1.NCc1cc(C(F)(F)F)cc(C(F)(F)F)c1. The fraction of sp³-hybridized carbons (Fsp3) is 0.190.